The van der Waals surface area contributed by atoms with Crippen LogP contribution < -0.4 is 16.2 Å². The van der Waals surface area contributed by atoms with E-state index in [1.165, 1.54) is 12.3 Å². The predicted octanol–water partition coefficient (Wildman–Crippen LogP) is 2.15. The molecule has 2 aromatic rings. The summed E-state index contributed by atoms with van der Waals surface area (Å²) in [5.74, 6) is -1.74. The third-order valence-electron chi connectivity index (χ3n) is 2.63. The molecule has 0 saturated carbocycles. The van der Waals surface area contributed by atoms with Crippen molar-refractivity contribution in [1.29, 1.82) is 0 Å². The van der Waals surface area contributed by atoms with Crippen molar-refractivity contribution in [3.8, 4) is 5.75 Å². The van der Waals surface area contributed by atoms with E-state index < -0.39 is 11.6 Å². The van der Waals surface area contributed by atoms with E-state index in [-0.39, 0.29) is 18.3 Å². The molecule has 4 N–H and O–H groups in total. The SMILES string of the molecule is NC(N)=NN=Cc1cccc(COc2ccc(F)c(F)c2)c1. The molecule has 0 aromatic heterocycles. The molecule has 0 heterocycles. The Kier molecular flexibility index (Phi) is 5.02. The summed E-state index contributed by atoms with van der Waals surface area (Å²) in [6.07, 6.45) is 1.49. The summed E-state index contributed by atoms with van der Waals surface area (Å²) in [5, 5.41) is 7.20. The third-order valence-corrected chi connectivity index (χ3v) is 2.63. The van der Waals surface area contributed by atoms with Crippen LogP contribution in [0.4, 0.5) is 8.78 Å². The maximum atomic E-state index is 13.1. The fraction of sp³-hybridized carbons (Fsp3) is 0.0667. The first-order valence-electron chi connectivity index (χ1n) is 6.33. The second kappa shape index (κ2) is 7.16. The molecule has 0 radical (unpaired) electrons. The highest BCUT2D eigenvalue weighted by Gasteiger charge is 2.03. The van der Waals surface area contributed by atoms with Gasteiger partial charge < -0.3 is 16.2 Å². The quantitative estimate of drug-likeness (QED) is 0.504. The zero-order valence-electron chi connectivity index (χ0n) is 11.5. The Morgan fingerprint density at radius 3 is 2.64 bits per heavy atom. The molecule has 0 aliphatic carbocycles. The number of nitrogens with two attached hydrogens (primary N) is 2. The molecule has 0 spiro atoms. The van der Waals surface area contributed by atoms with E-state index in [9.17, 15) is 8.78 Å². The number of ether oxygens (including phenoxy) is 1. The first-order valence-corrected chi connectivity index (χ1v) is 6.33. The van der Waals surface area contributed by atoms with E-state index in [1.807, 2.05) is 18.2 Å². The molecule has 0 aliphatic heterocycles. The van der Waals surface area contributed by atoms with Crippen molar-refractivity contribution in [3.05, 3.63) is 65.2 Å². The molecule has 0 amide bonds. The van der Waals surface area contributed by atoms with Crippen molar-refractivity contribution in [1.82, 2.24) is 0 Å². The minimum absolute atomic E-state index is 0.130. The summed E-state index contributed by atoms with van der Waals surface area (Å²) in [6, 6.07) is 10.6. The Balaban J connectivity index is 2.02. The lowest BCUT2D eigenvalue weighted by Gasteiger charge is -2.07. The number of hydrogen-bond acceptors (Lipinski definition) is 3. The van der Waals surface area contributed by atoms with Gasteiger partial charge in [-0.3, -0.25) is 0 Å². The minimum Gasteiger partial charge on any atom is -0.489 e. The van der Waals surface area contributed by atoms with Gasteiger partial charge in [-0.25, -0.2) is 8.78 Å². The third kappa shape index (κ3) is 4.55. The zero-order valence-corrected chi connectivity index (χ0v) is 11.5. The molecule has 7 heteroatoms. The minimum atomic E-state index is -0.949. The lowest BCUT2D eigenvalue weighted by atomic mass is 10.1. The van der Waals surface area contributed by atoms with Crippen molar-refractivity contribution in [2.75, 3.05) is 0 Å². The van der Waals surface area contributed by atoms with Crippen molar-refractivity contribution < 1.29 is 13.5 Å². The van der Waals surface area contributed by atoms with E-state index >= 15 is 0 Å². The molecule has 0 aliphatic rings. The highest BCUT2D eigenvalue weighted by molar-refractivity contribution is 5.81. The zero-order chi connectivity index (χ0) is 15.9. The van der Waals surface area contributed by atoms with Gasteiger partial charge >= 0.3 is 0 Å². The number of guanidine groups is 1. The fourth-order valence-electron chi connectivity index (χ4n) is 1.66. The van der Waals surface area contributed by atoms with Crippen molar-refractivity contribution in [3.63, 3.8) is 0 Å². The van der Waals surface area contributed by atoms with Gasteiger partial charge in [-0.1, -0.05) is 18.2 Å². The molecule has 2 aromatic carbocycles. The van der Waals surface area contributed by atoms with Crippen molar-refractivity contribution >= 4 is 12.2 Å². The molecule has 0 fully saturated rings. The molecule has 0 saturated heterocycles. The molecule has 0 bridgehead atoms. The molecular formula is C15H14F2N4O. The Morgan fingerprint density at radius 1 is 1.09 bits per heavy atom. The number of benzene rings is 2. The van der Waals surface area contributed by atoms with Gasteiger partial charge in [0.2, 0.25) is 5.96 Å². The summed E-state index contributed by atoms with van der Waals surface area (Å²) < 4.78 is 31.3. The summed E-state index contributed by atoms with van der Waals surface area (Å²) in [6.45, 7) is 0.203. The van der Waals surface area contributed by atoms with Gasteiger partial charge in [0.25, 0.3) is 0 Å². The van der Waals surface area contributed by atoms with E-state index in [0.29, 0.717) is 0 Å². The number of rotatable bonds is 5. The van der Waals surface area contributed by atoms with Gasteiger partial charge in [0.05, 0.1) is 6.21 Å². The number of nitrogens with zero attached hydrogens (tertiary/aromatic N) is 2. The average molecular weight is 304 g/mol. The predicted molar refractivity (Wildman–Crippen MR) is 80.5 cm³/mol. The van der Waals surface area contributed by atoms with Crippen LogP contribution in [-0.2, 0) is 6.61 Å². The monoisotopic (exact) mass is 304 g/mol. The normalized spacial score (nSPS) is 10.6. The lowest BCUT2D eigenvalue weighted by Crippen LogP contribution is -2.21. The molecule has 114 valence electrons. The summed E-state index contributed by atoms with van der Waals surface area (Å²) >= 11 is 0. The molecule has 0 unspecified atom stereocenters. The standard InChI is InChI=1S/C15H14F2N4O/c16-13-5-4-12(7-14(13)17)22-9-11-3-1-2-10(6-11)8-20-21-15(18)19/h1-8H,9H2,(H4,18,19,21). The maximum Gasteiger partial charge on any atom is 0.211 e. The average Bonchev–Trinajstić information content (AvgIpc) is 2.49. The maximum absolute atomic E-state index is 13.1. The first kappa shape index (κ1) is 15.4. The first-order chi connectivity index (χ1) is 10.5. The van der Waals surface area contributed by atoms with Crippen LogP contribution in [0.1, 0.15) is 11.1 Å². The molecule has 0 atom stereocenters. The number of halogens is 2. The van der Waals surface area contributed by atoms with E-state index in [4.69, 9.17) is 16.2 Å². The van der Waals surface area contributed by atoms with Crippen LogP contribution in [0.5, 0.6) is 5.75 Å². The molecule has 22 heavy (non-hydrogen) atoms. The summed E-state index contributed by atoms with van der Waals surface area (Å²) in [4.78, 5) is 0. The van der Waals surface area contributed by atoms with Gasteiger partial charge in [-0.15, -0.1) is 5.10 Å². The Labute approximate surface area is 125 Å². The van der Waals surface area contributed by atoms with Crippen LogP contribution in [0.3, 0.4) is 0 Å². The highest BCUT2D eigenvalue weighted by Crippen LogP contribution is 2.17. The van der Waals surface area contributed by atoms with Gasteiger partial charge in [-0.05, 0) is 29.3 Å². The van der Waals surface area contributed by atoms with Crippen LogP contribution in [0.25, 0.3) is 0 Å². The molecular weight excluding hydrogens is 290 g/mol. The second-order valence-electron chi connectivity index (χ2n) is 4.38. The number of hydrogen-bond donors (Lipinski definition) is 2. The van der Waals surface area contributed by atoms with E-state index in [0.717, 1.165) is 23.3 Å². The Hall–Kier alpha value is -2.96. The van der Waals surface area contributed by atoms with Crippen LogP contribution in [0.15, 0.2) is 52.7 Å². The lowest BCUT2D eigenvalue weighted by molar-refractivity contribution is 0.303. The fourth-order valence-corrected chi connectivity index (χ4v) is 1.66. The van der Waals surface area contributed by atoms with Crippen molar-refractivity contribution in [2.45, 2.75) is 6.61 Å². The molecule has 2 rings (SSSR count). The van der Waals surface area contributed by atoms with Gasteiger partial charge in [0.15, 0.2) is 11.6 Å². The van der Waals surface area contributed by atoms with Crippen LogP contribution in [0.2, 0.25) is 0 Å². The van der Waals surface area contributed by atoms with Crippen molar-refractivity contribution in [2.24, 2.45) is 21.7 Å². The van der Waals surface area contributed by atoms with Crippen LogP contribution in [0, 0.1) is 11.6 Å². The van der Waals surface area contributed by atoms with Gasteiger partial charge in [0, 0.05) is 6.07 Å². The van der Waals surface area contributed by atoms with Crippen LogP contribution in [-0.4, -0.2) is 12.2 Å². The Bertz CT molecular complexity index is 712. The van der Waals surface area contributed by atoms with E-state index in [1.54, 1.807) is 6.07 Å². The van der Waals surface area contributed by atoms with E-state index in [2.05, 4.69) is 10.2 Å². The summed E-state index contributed by atoms with van der Waals surface area (Å²) in [5.41, 5.74) is 11.9. The largest absolute Gasteiger partial charge is 0.489 e. The smallest absolute Gasteiger partial charge is 0.211 e. The van der Waals surface area contributed by atoms with Gasteiger partial charge in [-0.2, -0.15) is 5.10 Å². The van der Waals surface area contributed by atoms with Crippen LogP contribution >= 0.6 is 0 Å². The highest BCUT2D eigenvalue weighted by atomic mass is 19.2. The second-order valence-corrected chi connectivity index (χ2v) is 4.38. The Morgan fingerprint density at radius 2 is 1.91 bits per heavy atom. The topological polar surface area (TPSA) is 86.0 Å². The molecule has 5 nitrogen and oxygen atoms in total. The van der Waals surface area contributed by atoms with Gasteiger partial charge in [0.1, 0.15) is 12.4 Å². The summed E-state index contributed by atoms with van der Waals surface area (Å²) in [7, 11) is 0.